The average molecular weight is 257 g/mol. The number of hydrogen-bond donors (Lipinski definition) is 1. The summed E-state index contributed by atoms with van der Waals surface area (Å²) in [5.74, 6) is 0.666. The normalized spacial score (nSPS) is 16.8. The molecule has 1 aliphatic rings. The first-order valence-corrected chi connectivity index (χ1v) is 6.34. The molecule has 1 amide bonds. The highest BCUT2D eigenvalue weighted by Gasteiger charge is 2.28. The van der Waals surface area contributed by atoms with Crippen molar-refractivity contribution in [2.24, 2.45) is 0 Å². The summed E-state index contributed by atoms with van der Waals surface area (Å²) in [4.78, 5) is 12.1. The number of amides is 1. The zero-order chi connectivity index (χ0) is 13.2. The van der Waals surface area contributed by atoms with Gasteiger partial charge in [-0.15, -0.1) is 0 Å². The standard InChI is InChI=1S/C14H15N3O2/c1-2-17-9-11(8-15-17)16-14(18)13-7-10-5-3-4-6-12(10)19-13/h3-6,8-9,13H,2,7H2,1H3,(H,16,18). The first-order valence-electron chi connectivity index (χ1n) is 6.34. The monoisotopic (exact) mass is 257 g/mol. The quantitative estimate of drug-likeness (QED) is 0.912. The number of nitrogens with zero attached hydrogens (tertiary/aromatic N) is 2. The van der Waals surface area contributed by atoms with Crippen LogP contribution in [0.3, 0.4) is 0 Å². The molecule has 2 heterocycles. The van der Waals surface area contributed by atoms with E-state index in [-0.39, 0.29) is 5.91 Å². The molecule has 0 fully saturated rings. The van der Waals surface area contributed by atoms with Gasteiger partial charge in [0.05, 0.1) is 11.9 Å². The Bertz CT molecular complexity index is 581. The van der Waals surface area contributed by atoms with Crippen LogP contribution >= 0.6 is 0 Å². The molecule has 3 rings (SSSR count). The Morgan fingerprint density at radius 1 is 1.53 bits per heavy atom. The third-order valence-electron chi connectivity index (χ3n) is 3.16. The minimum Gasteiger partial charge on any atom is -0.480 e. The van der Waals surface area contributed by atoms with E-state index in [1.54, 1.807) is 17.1 Å². The summed E-state index contributed by atoms with van der Waals surface area (Å²) < 4.78 is 7.40. The van der Waals surface area contributed by atoms with E-state index in [1.165, 1.54) is 0 Å². The highest BCUT2D eigenvalue weighted by Crippen LogP contribution is 2.28. The average Bonchev–Trinajstić information content (AvgIpc) is 3.04. The van der Waals surface area contributed by atoms with Gasteiger partial charge in [-0.3, -0.25) is 9.48 Å². The second-order valence-corrected chi connectivity index (χ2v) is 4.49. The Morgan fingerprint density at radius 2 is 2.37 bits per heavy atom. The van der Waals surface area contributed by atoms with Crippen LogP contribution in [0.1, 0.15) is 12.5 Å². The fraction of sp³-hybridized carbons (Fsp3) is 0.286. The molecule has 2 aromatic rings. The highest BCUT2D eigenvalue weighted by atomic mass is 16.5. The van der Waals surface area contributed by atoms with Crippen molar-refractivity contribution in [3.63, 3.8) is 0 Å². The topological polar surface area (TPSA) is 56.2 Å². The minimum atomic E-state index is -0.456. The van der Waals surface area contributed by atoms with E-state index in [0.29, 0.717) is 12.1 Å². The van der Waals surface area contributed by atoms with E-state index in [1.807, 2.05) is 31.2 Å². The number of carbonyl (C=O) groups is 1. The molecular weight excluding hydrogens is 242 g/mol. The number of carbonyl (C=O) groups excluding carboxylic acids is 1. The molecule has 1 aromatic carbocycles. The van der Waals surface area contributed by atoms with Crippen LogP contribution in [0.2, 0.25) is 0 Å². The van der Waals surface area contributed by atoms with Gasteiger partial charge in [-0.2, -0.15) is 5.10 Å². The summed E-state index contributed by atoms with van der Waals surface area (Å²) in [6.07, 6.45) is 3.61. The van der Waals surface area contributed by atoms with Gasteiger partial charge in [0.2, 0.25) is 0 Å². The van der Waals surface area contributed by atoms with Crippen molar-refractivity contribution in [3.8, 4) is 5.75 Å². The maximum atomic E-state index is 12.1. The first kappa shape index (κ1) is 11.8. The Morgan fingerprint density at radius 3 is 3.11 bits per heavy atom. The third-order valence-corrected chi connectivity index (χ3v) is 3.16. The number of para-hydroxylation sites is 1. The summed E-state index contributed by atoms with van der Waals surface area (Å²) in [5.41, 5.74) is 1.78. The maximum absolute atomic E-state index is 12.1. The molecule has 98 valence electrons. The molecule has 1 unspecified atom stereocenters. The van der Waals surface area contributed by atoms with Gasteiger partial charge in [-0.05, 0) is 18.6 Å². The van der Waals surface area contributed by atoms with Crippen molar-refractivity contribution in [2.45, 2.75) is 26.0 Å². The van der Waals surface area contributed by atoms with Crippen LogP contribution < -0.4 is 10.1 Å². The lowest BCUT2D eigenvalue weighted by atomic mass is 10.1. The molecule has 1 atom stereocenters. The van der Waals surface area contributed by atoms with Crippen molar-refractivity contribution in [3.05, 3.63) is 42.2 Å². The summed E-state index contributed by atoms with van der Waals surface area (Å²) in [7, 11) is 0. The van der Waals surface area contributed by atoms with Gasteiger partial charge in [-0.1, -0.05) is 18.2 Å². The van der Waals surface area contributed by atoms with Gasteiger partial charge < -0.3 is 10.1 Å². The molecule has 0 aliphatic carbocycles. The first-order chi connectivity index (χ1) is 9.26. The number of anilines is 1. The second-order valence-electron chi connectivity index (χ2n) is 4.49. The van der Waals surface area contributed by atoms with Gasteiger partial charge >= 0.3 is 0 Å². The van der Waals surface area contributed by atoms with E-state index >= 15 is 0 Å². The molecule has 0 radical (unpaired) electrons. The number of rotatable bonds is 3. The van der Waals surface area contributed by atoms with Crippen LogP contribution in [0.5, 0.6) is 5.75 Å². The van der Waals surface area contributed by atoms with Crippen LogP contribution in [0.4, 0.5) is 5.69 Å². The SMILES string of the molecule is CCn1cc(NC(=O)C2Cc3ccccc3O2)cn1. The molecule has 1 aliphatic heterocycles. The summed E-state index contributed by atoms with van der Waals surface area (Å²) >= 11 is 0. The molecule has 19 heavy (non-hydrogen) atoms. The maximum Gasteiger partial charge on any atom is 0.265 e. The van der Waals surface area contributed by atoms with Crippen LogP contribution in [0.15, 0.2) is 36.7 Å². The van der Waals surface area contributed by atoms with E-state index in [9.17, 15) is 4.79 Å². The van der Waals surface area contributed by atoms with Crippen LogP contribution in [-0.2, 0) is 17.8 Å². The minimum absolute atomic E-state index is 0.133. The lowest BCUT2D eigenvalue weighted by Gasteiger charge is -2.09. The zero-order valence-corrected chi connectivity index (χ0v) is 10.7. The number of fused-ring (bicyclic) bond motifs is 1. The molecular formula is C14H15N3O2. The van der Waals surface area contributed by atoms with Crippen LogP contribution in [0.25, 0.3) is 0 Å². The van der Waals surface area contributed by atoms with E-state index < -0.39 is 6.10 Å². The second kappa shape index (κ2) is 4.76. The lowest BCUT2D eigenvalue weighted by molar-refractivity contribution is -0.122. The number of benzene rings is 1. The fourth-order valence-electron chi connectivity index (χ4n) is 2.15. The molecule has 1 aromatic heterocycles. The Labute approximate surface area is 111 Å². The van der Waals surface area contributed by atoms with Gasteiger partial charge in [0, 0.05) is 19.2 Å². The molecule has 5 nitrogen and oxygen atoms in total. The Kier molecular flexibility index (Phi) is 2.95. The predicted molar refractivity (Wildman–Crippen MR) is 71.1 cm³/mol. The molecule has 0 saturated heterocycles. The summed E-state index contributed by atoms with van der Waals surface area (Å²) in [6.45, 7) is 2.77. The zero-order valence-electron chi connectivity index (χ0n) is 10.7. The fourth-order valence-corrected chi connectivity index (χ4v) is 2.15. The van der Waals surface area contributed by atoms with Crippen molar-refractivity contribution < 1.29 is 9.53 Å². The number of aryl methyl sites for hydroxylation is 1. The Balaban J connectivity index is 1.66. The van der Waals surface area contributed by atoms with Crippen LogP contribution in [0, 0.1) is 0 Å². The molecule has 1 N–H and O–H groups in total. The third kappa shape index (κ3) is 2.31. The van der Waals surface area contributed by atoms with Crippen molar-refractivity contribution in [2.75, 3.05) is 5.32 Å². The number of aromatic nitrogens is 2. The van der Waals surface area contributed by atoms with Crippen LogP contribution in [-0.4, -0.2) is 21.8 Å². The van der Waals surface area contributed by atoms with E-state index in [2.05, 4.69) is 10.4 Å². The van der Waals surface area contributed by atoms with Gasteiger partial charge in [-0.25, -0.2) is 0 Å². The molecule has 0 bridgehead atoms. The summed E-state index contributed by atoms with van der Waals surface area (Å²) in [5, 5.41) is 6.94. The van der Waals surface area contributed by atoms with Crippen molar-refractivity contribution >= 4 is 11.6 Å². The van der Waals surface area contributed by atoms with Gasteiger partial charge in [0.1, 0.15) is 5.75 Å². The number of ether oxygens (including phenoxy) is 1. The Hall–Kier alpha value is -2.30. The van der Waals surface area contributed by atoms with Crippen molar-refractivity contribution in [1.29, 1.82) is 0 Å². The largest absolute Gasteiger partial charge is 0.480 e. The van der Waals surface area contributed by atoms with Gasteiger partial charge in [0.15, 0.2) is 6.10 Å². The lowest BCUT2D eigenvalue weighted by Crippen LogP contribution is -2.31. The summed E-state index contributed by atoms with van der Waals surface area (Å²) in [6, 6.07) is 7.73. The smallest absolute Gasteiger partial charge is 0.265 e. The van der Waals surface area contributed by atoms with E-state index in [0.717, 1.165) is 17.9 Å². The molecule has 0 saturated carbocycles. The number of hydrogen-bond acceptors (Lipinski definition) is 3. The van der Waals surface area contributed by atoms with Gasteiger partial charge in [0.25, 0.3) is 5.91 Å². The highest BCUT2D eigenvalue weighted by molar-refractivity contribution is 5.94. The number of nitrogens with one attached hydrogen (secondary N) is 1. The van der Waals surface area contributed by atoms with E-state index in [4.69, 9.17) is 4.74 Å². The molecule has 5 heteroatoms. The predicted octanol–water partition coefficient (Wildman–Crippen LogP) is 1.85. The van der Waals surface area contributed by atoms with Crippen molar-refractivity contribution in [1.82, 2.24) is 9.78 Å². The molecule has 0 spiro atoms.